The number of rotatable bonds is 3. The van der Waals surface area contributed by atoms with Crippen LogP contribution in [-0.2, 0) is 0 Å². The third kappa shape index (κ3) is 5.70. The van der Waals surface area contributed by atoms with Gasteiger partial charge in [-0.25, -0.2) is 0 Å². The molecule has 1 fully saturated rings. The van der Waals surface area contributed by atoms with Crippen LogP contribution < -0.4 is 5.32 Å². The van der Waals surface area contributed by atoms with E-state index in [1.54, 1.807) is 11.3 Å². The average Bonchev–Trinajstić information content (AvgIpc) is 2.95. The van der Waals surface area contributed by atoms with E-state index < -0.39 is 0 Å². The normalized spacial score (nSPS) is 26.6. The summed E-state index contributed by atoms with van der Waals surface area (Å²) in [6, 6.07) is 0.614. The molecule has 3 nitrogen and oxygen atoms in total. The maximum absolute atomic E-state index is 4.21. The highest BCUT2D eigenvalue weighted by Crippen LogP contribution is 2.32. The van der Waals surface area contributed by atoms with Crippen molar-refractivity contribution >= 4 is 23.1 Å². The molecular formula is C15H27N3S2. The van der Waals surface area contributed by atoms with E-state index in [1.165, 1.54) is 64.2 Å². The maximum atomic E-state index is 4.21. The Morgan fingerprint density at radius 1 is 1.05 bits per heavy atom. The van der Waals surface area contributed by atoms with Crippen LogP contribution in [0.3, 0.4) is 0 Å². The molecule has 2 rings (SSSR count). The molecule has 0 amide bonds. The zero-order valence-corrected chi connectivity index (χ0v) is 14.1. The first-order chi connectivity index (χ1) is 9.90. The van der Waals surface area contributed by atoms with E-state index in [0.29, 0.717) is 11.3 Å². The number of hydrogen-bond donors (Lipinski definition) is 1. The number of nitrogens with one attached hydrogen (secondary N) is 1. The largest absolute Gasteiger partial charge is 0.316 e. The second-order valence-electron chi connectivity index (χ2n) is 5.66. The molecule has 2 unspecified atom stereocenters. The molecule has 0 aliphatic heterocycles. The summed E-state index contributed by atoms with van der Waals surface area (Å²) >= 11 is 3.61. The summed E-state index contributed by atoms with van der Waals surface area (Å²) < 4.78 is 1.13. The van der Waals surface area contributed by atoms with E-state index in [4.69, 9.17) is 0 Å². The lowest BCUT2D eigenvalue weighted by Crippen LogP contribution is -2.35. The van der Waals surface area contributed by atoms with E-state index >= 15 is 0 Å². The molecule has 1 heterocycles. The average molecular weight is 314 g/mol. The summed E-state index contributed by atoms with van der Waals surface area (Å²) in [6.45, 7) is 0. The van der Waals surface area contributed by atoms with E-state index in [2.05, 4.69) is 22.6 Å². The second kappa shape index (κ2) is 9.74. The van der Waals surface area contributed by atoms with Crippen molar-refractivity contribution in [3.05, 3.63) is 5.51 Å². The topological polar surface area (TPSA) is 37.8 Å². The Kier molecular flexibility index (Phi) is 7.91. The van der Waals surface area contributed by atoms with Crippen molar-refractivity contribution in [3.63, 3.8) is 0 Å². The van der Waals surface area contributed by atoms with E-state index in [0.717, 1.165) is 4.34 Å². The molecule has 0 bridgehead atoms. The minimum atomic E-state index is 0.614. The van der Waals surface area contributed by atoms with Crippen LogP contribution in [0.1, 0.15) is 64.2 Å². The molecule has 1 aliphatic rings. The predicted molar refractivity (Wildman–Crippen MR) is 88.6 cm³/mol. The molecule has 1 aliphatic carbocycles. The fourth-order valence-electron chi connectivity index (χ4n) is 2.97. The third-order valence-corrected chi connectivity index (χ3v) is 6.38. The van der Waals surface area contributed by atoms with Gasteiger partial charge in [-0.2, -0.15) is 0 Å². The molecule has 20 heavy (non-hydrogen) atoms. The summed E-state index contributed by atoms with van der Waals surface area (Å²) in [5.41, 5.74) is 1.84. The highest BCUT2D eigenvalue weighted by atomic mass is 32.2. The highest BCUT2D eigenvalue weighted by molar-refractivity contribution is 8.01. The van der Waals surface area contributed by atoms with Gasteiger partial charge >= 0.3 is 0 Å². The first-order valence-electron chi connectivity index (χ1n) is 8.00. The van der Waals surface area contributed by atoms with Crippen LogP contribution in [0, 0.1) is 0 Å². The van der Waals surface area contributed by atoms with Gasteiger partial charge in [-0.15, -0.1) is 10.2 Å². The van der Waals surface area contributed by atoms with Gasteiger partial charge in [-0.05, 0) is 19.9 Å². The summed E-state index contributed by atoms with van der Waals surface area (Å²) in [6.07, 6.45) is 13.8. The maximum Gasteiger partial charge on any atom is 0.174 e. The summed E-state index contributed by atoms with van der Waals surface area (Å²) in [5, 5.41) is 12.4. The molecule has 0 spiro atoms. The van der Waals surface area contributed by atoms with Crippen molar-refractivity contribution in [2.75, 3.05) is 7.05 Å². The van der Waals surface area contributed by atoms with Gasteiger partial charge in [0.05, 0.1) is 0 Å². The van der Waals surface area contributed by atoms with Crippen molar-refractivity contribution in [1.82, 2.24) is 15.5 Å². The predicted octanol–water partition coefficient (Wildman–Crippen LogP) is 4.50. The van der Waals surface area contributed by atoms with Crippen molar-refractivity contribution in [1.29, 1.82) is 0 Å². The number of thioether (sulfide) groups is 1. The molecule has 0 saturated heterocycles. The molecule has 1 aromatic heterocycles. The lowest BCUT2D eigenvalue weighted by Gasteiger charge is -2.26. The van der Waals surface area contributed by atoms with E-state index in [9.17, 15) is 0 Å². The molecule has 2 atom stereocenters. The van der Waals surface area contributed by atoms with Gasteiger partial charge in [0, 0.05) is 11.3 Å². The quantitative estimate of drug-likeness (QED) is 0.891. The smallest absolute Gasteiger partial charge is 0.174 e. The summed E-state index contributed by atoms with van der Waals surface area (Å²) in [7, 11) is 2.12. The van der Waals surface area contributed by atoms with Crippen LogP contribution in [0.5, 0.6) is 0 Å². The van der Waals surface area contributed by atoms with Gasteiger partial charge < -0.3 is 5.32 Å². The number of hydrogen-bond acceptors (Lipinski definition) is 5. The van der Waals surface area contributed by atoms with Gasteiger partial charge in [0.2, 0.25) is 0 Å². The number of nitrogens with zero attached hydrogens (tertiary/aromatic N) is 2. The van der Waals surface area contributed by atoms with Crippen LogP contribution >= 0.6 is 23.1 Å². The fourth-order valence-corrected chi connectivity index (χ4v) is 5.05. The van der Waals surface area contributed by atoms with Gasteiger partial charge in [-0.3, -0.25) is 0 Å². The SMILES string of the molecule is CNC1CCCCCCCCCCC1Sc1nncs1. The van der Waals surface area contributed by atoms with Crippen molar-refractivity contribution < 1.29 is 0 Å². The Morgan fingerprint density at radius 3 is 2.30 bits per heavy atom. The Morgan fingerprint density at radius 2 is 1.70 bits per heavy atom. The minimum Gasteiger partial charge on any atom is -0.316 e. The summed E-state index contributed by atoms with van der Waals surface area (Å²) in [4.78, 5) is 0. The van der Waals surface area contributed by atoms with Gasteiger partial charge in [0.15, 0.2) is 4.34 Å². The Labute approximate surface area is 131 Å². The number of aromatic nitrogens is 2. The van der Waals surface area contributed by atoms with Crippen LogP contribution in [-0.4, -0.2) is 28.5 Å². The van der Waals surface area contributed by atoms with Gasteiger partial charge in [0.25, 0.3) is 0 Å². The van der Waals surface area contributed by atoms with Crippen LogP contribution in [0.4, 0.5) is 0 Å². The standard InChI is InChI=1S/C15H27N3S2/c1-16-13-10-8-6-4-2-3-5-7-9-11-14(13)20-15-18-17-12-19-15/h12-14,16H,2-11H2,1H3. The Balaban J connectivity index is 1.93. The summed E-state index contributed by atoms with van der Waals surface area (Å²) in [5.74, 6) is 0. The molecule has 114 valence electrons. The zero-order valence-electron chi connectivity index (χ0n) is 12.5. The third-order valence-electron chi connectivity index (χ3n) is 4.17. The second-order valence-corrected chi connectivity index (χ2v) is 7.98. The fraction of sp³-hybridized carbons (Fsp3) is 0.867. The lowest BCUT2D eigenvalue weighted by molar-refractivity contribution is 0.434. The van der Waals surface area contributed by atoms with Crippen molar-refractivity contribution in [2.24, 2.45) is 0 Å². The molecular weight excluding hydrogens is 286 g/mol. The molecule has 1 N–H and O–H groups in total. The Bertz CT molecular complexity index is 343. The molecule has 1 aromatic rings. The Hall–Kier alpha value is -0.130. The van der Waals surface area contributed by atoms with Gasteiger partial charge in [0.1, 0.15) is 5.51 Å². The first-order valence-corrected chi connectivity index (χ1v) is 9.76. The molecule has 1 saturated carbocycles. The van der Waals surface area contributed by atoms with Crippen molar-refractivity contribution in [3.8, 4) is 0 Å². The van der Waals surface area contributed by atoms with Crippen LogP contribution in [0.2, 0.25) is 0 Å². The molecule has 0 radical (unpaired) electrons. The molecule has 5 heteroatoms. The monoisotopic (exact) mass is 313 g/mol. The minimum absolute atomic E-state index is 0.614. The van der Waals surface area contributed by atoms with E-state index in [-0.39, 0.29) is 0 Å². The van der Waals surface area contributed by atoms with E-state index in [1.807, 2.05) is 17.3 Å². The molecule has 0 aromatic carbocycles. The van der Waals surface area contributed by atoms with Gasteiger partial charge in [-0.1, -0.05) is 74.5 Å². The van der Waals surface area contributed by atoms with Crippen LogP contribution in [0.25, 0.3) is 0 Å². The zero-order chi connectivity index (χ0) is 14.0. The van der Waals surface area contributed by atoms with Crippen LogP contribution in [0.15, 0.2) is 9.85 Å². The lowest BCUT2D eigenvalue weighted by atomic mass is 9.97. The highest BCUT2D eigenvalue weighted by Gasteiger charge is 2.22. The van der Waals surface area contributed by atoms with Crippen molar-refractivity contribution in [2.45, 2.75) is 79.8 Å². The first kappa shape index (κ1) is 16.2.